The molecule has 0 aromatic heterocycles. The second-order valence-corrected chi connectivity index (χ2v) is 5.43. The van der Waals surface area contributed by atoms with Crippen LogP contribution in [0.25, 0.3) is 0 Å². The Bertz CT molecular complexity index is 528. The second kappa shape index (κ2) is 7.52. The number of ether oxygens (including phenoxy) is 4. The molecule has 23 heavy (non-hydrogen) atoms. The van der Waals surface area contributed by atoms with Crippen molar-refractivity contribution in [2.75, 3.05) is 41.1 Å². The molecule has 1 aromatic carbocycles. The van der Waals surface area contributed by atoms with E-state index in [0.29, 0.717) is 48.9 Å². The van der Waals surface area contributed by atoms with Crippen molar-refractivity contribution in [2.45, 2.75) is 18.4 Å². The van der Waals surface area contributed by atoms with E-state index in [0.717, 1.165) is 0 Å². The molecule has 1 amide bonds. The predicted molar refractivity (Wildman–Crippen MR) is 83.4 cm³/mol. The molecule has 1 aliphatic heterocycles. The van der Waals surface area contributed by atoms with Gasteiger partial charge in [-0.25, -0.2) is 0 Å². The number of benzene rings is 1. The molecule has 2 N–H and O–H groups in total. The van der Waals surface area contributed by atoms with Crippen LogP contribution in [-0.4, -0.2) is 57.7 Å². The van der Waals surface area contributed by atoms with Gasteiger partial charge < -0.3 is 29.4 Å². The molecule has 2 rings (SSSR count). The van der Waals surface area contributed by atoms with Gasteiger partial charge in [-0.3, -0.25) is 4.79 Å². The summed E-state index contributed by atoms with van der Waals surface area (Å²) in [6.07, 6.45) is 1.01. The van der Waals surface area contributed by atoms with E-state index in [1.54, 1.807) is 12.1 Å². The summed E-state index contributed by atoms with van der Waals surface area (Å²) < 4.78 is 20.9. The summed E-state index contributed by atoms with van der Waals surface area (Å²) in [6.45, 7) is 1.17. The fraction of sp³-hybridized carbons (Fsp3) is 0.562. The molecule has 0 spiro atoms. The van der Waals surface area contributed by atoms with Crippen molar-refractivity contribution < 1.29 is 28.8 Å². The molecule has 0 aliphatic carbocycles. The number of hydrogen-bond acceptors (Lipinski definition) is 6. The largest absolute Gasteiger partial charge is 0.493 e. The smallest absolute Gasteiger partial charge is 0.251 e. The zero-order chi connectivity index (χ0) is 16.9. The molecule has 1 aliphatic rings. The minimum atomic E-state index is -0.922. The number of methoxy groups -OCH3 is 3. The number of carbonyl (C=O) groups excluding carboxylic acids is 1. The van der Waals surface area contributed by atoms with Crippen molar-refractivity contribution in [3.05, 3.63) is 17.7 Å². The number of hydrogen-bond donors (Lipinski definition) is 2. The summed E-state index contributed by atoms with van der Waals surface area (Å²) in [5, 5.41) is 13.1. The molecule has 7 heteroatoms. The number of nitrogens with one attached hydrogen (secondary N) is 1. The first-order valence-corrected chi connectivity index (χ1v) is 7.41. The van der Waals surface area contributed by atoms with E-state index >= 15 is 0 Å². The molecule has 1 fully saturated rings. The van der Waals surface area contributed by atoms with Crippen molar-refractivity contribution in [3.63, 3.8) is 0 Å². The molecule has 7 nitrogen and oxygen atoms in total. The van der Waals surface area contributed by atoms with E-state index in [-0.39, 0.29) is 12.5 Å². The van der Waals surface area contributed by atoms with Gasteiger partial charge in [-0.15, -0.1) is 0 Å². The van der Waals surface area contributed by atoms with Gasteiger partial charge in [0.05, 0.1) is 26.9 Å². The van der Waals surface area contributed by atoms with E-state index in [1.165, 1.54) is 21.3 Å². The molecular formula is C16H23NO6. The highest BCUT2D eigenvalue weighted by molar-refractivity contribution is 5.95. The van der Waals surface area contributed by atoms with Gasteiger partial charge in [0.25, 0.3) is 5.91 Å². The molecular weight excluding hydrogens is 302 g/mol. The molecule has 128 valence electrons. The van der Waals surface area contributed by atoms with Gasteiger partial charge in [0.15, 0.2) is 11.5 Å². The molecule has 0 bridgehead atoms. The van der Waals surface area contributed by atoms with E-state index in [9.17, 15) is 9.90 Å². The normalized spacial score (nSPS) is 16.5. The Labute approximate surface area is 135 Å². The minimum Gasteiger partial charge on any atom is -0.493 e. The summed E-state index contributed by atoms with van der Waals surface area (Å²) >= 11 is 0. The number of aliphatic hydroxyl groups is 1. The number of rotatable bonds is 6. The molecule has 0 saturated carbocycles. The van der Waals surface area contributed by atoms with Gasteiger partial charge in [0.2, 0.25) is 5.75 Å². The lowest BCUT2D eigenvalue weighted by atomic mass is 9.94. The third kappa shape index (κ3) is 4.05. The highest BCUT2D eigenvalue weighted by Crippen LogP contribution is 2.38. The van der Waals surface area contributed by atoms with Crippen LogP contribution in [0, 0.1) is 0 Å². The summed E-state index contributed by atoms with van der Waals surface area (Å²) in [5.41, 5.74) is -0.552. The SMILES string of the molecule is COc1cc(C(=O)NCC2(O)CCOCC2)cc(OC)c1OC. The third-order valence-corrected chi connectivity index (χ3v) is 3.93. The Morgan fingerprint density at radius 3 is 2.22 bits per heavy atom. The number of amides is 1. The Morgan fingerprint density at radius 2 is 1.74 bits per heavy atom. The Hall–Kier alpha value is -1.99. The zero-order valence-corrected chi connectivity index (χ0v) is 13.7. The summed E-state index contributed by atoms with van der Waals surface area (Å²) in [7, 11) is 4.48. The standard InChI is InChI=1S/C16H23NO6/c1-20-12-8-11(9-13(21-2)14(12)22-3)15(18)17-10-16(19)4-6-23-7-5-16/h8-9,19H,4-7,10H2,1-3H3,(H,17,18). The van der Waals surface area contributed by atoms with Crippen LogP contribution in [0.2, 0.25) is 0 Å². The van der Waals surface area contributed by atoms with Crippen LogP contribution in [-0.2, 0) is 4.74 Å². The van der Waals surface area contributed by atoms with E-state index < -0.39 is 5.60 Å². The quantitative estimate of drug-likeness (QED) is 0.811. The van der Waals surface area contributed by atoms with Crippen LogP contribution in [0.3, 0.4) is 0 Å². The molecule has 0 unspecified atom stereocenters. The maximum atomic E-state index is 12.4. The van der Waals surface area contributed by atoms with E-state index in [2.05, 4.69) is 5.32 Å². The van der Waals surface area contributed by atoms with Crippen molar-refractivity contribution >= 4 is 5.91 Å². The summed E-state index contributed by atoms with van der Waals surface area (Å²) in [6, 6.07) is 3.15. The van der Waals surface area contributed by atoms with Gasteiger partial charge in [-0.05, 0) is 12.1 Å². The van der Waals surface area contributed by atoms with Gasteiger partial charge in [-0.2, -0.15) is 0 Å². The summed E-state index contributed by atoms with van der Waals surface area (Å²) in [5.74, 6) is 0.919. The first kappa shape index (κ1) is 17.4. The highest BCUT2D eigenvalue weighted by atomic mass is 16.5. The van der Waals surface area contributed by atoms with Crippen molar-refractivity contribution in [3.8, 4) is 17.2 Å². The van der Waals surface area contributed by atoms with Crippen LogP contribution in [0.15, 0.2) is 12.1 Å². The first-order chi connectivity index (χ1) is 11.0. The fourth-order valence-electron chi connectivity index (χ4n) is 2.49. The highest BCUT2D eigenvalue weighted by Gasteiger charge is 2.30. The predicted octanol–water partition coefficient (Wildman–Crippen LogP) is 0.984. The van der Waals surface area contributed by atoms with Gasteiger partial charge >= 0.3 is 0 Å². The average Bonchev–Trinajstić information content (AvgIpc) is 2.58. The second-order valence-electron chi connectivity index (χ2n) is 5.43. The molecule has 1 heterocycles. The molecule has 1 saturated heterocycles. The van der Waals surface area contributed by atoms with E-state index in [4.69, 9.17) is 18.9 Å². The van der Waals surface area contributed by atoms with Crippen molar-refractivity contribution in [1.82, 2.24) is 5.32 Å². The Morgan fingerprint density at radius 1 is 1.17 bits per heavy atom. The fourth-order valence-corrected chi connectivity index (χ4v) is 2.49. The first-order valence-electron chi connectivity index (χ1n) is 7.41. The van der Waals surface area contributed by atoms with E-state index in [1.807, 2.05) is 0 Å². The van der Waals surface area contributed by atoms with Crippen LogP contribution in [0.5, 0.6) is 17.2 Å². The van der Waals surface area contributed by atoms with Crippen molar-refractivity contribution in [1.29, 1.82) is 0 Å². The van der Waals surface area contributed by atoms with Crippen LogP contribution in [0.4, 0.5) is 0 Å². The van der Waals surface area contributed by atoms with Gasteiger partial charge in [0.1, 0.15) is 0 Å². The summed E-state index contributed by atoms with van der Waals surface area (Å²) in [4.78, 5) is 12.4. The van der Waals surface area contributed by atoms with Gasteiger partial charge in [0, 0.05) is 38.2 Å². The maximum absolute atomic E-state index is 12.4. The lowest BCUT2D eigenvalue weighted by molar-refractivity contribution is -0.0605. The monoisotopic (exact) mass is 325 g/mol. The average molecular weight is 325 g/mol. The zero-order valence-electron chi connectivity index (χ0n) is 13.7. The molecule has 0 atom stereocenters. The molecule has 0 radical (unpaired) electrons. The Kier molecular flexibility index (Phi) is 5.68. The van der Waals surface area contributed by atoms with Crippen LogP contribution in [0.1, 0.15) is 23.2 Å². The minimum absolute atomic E-state index is 0.172. The molecule has 1 aromatic rings. The lowest BCUT2D eigenvalue weighted by Gasteiger charge is -2.32. The topological polar surface area (TPSA) is 86.3 Å². The van der Waals surface area contributed by atoms with Crippen molar-refractivity contribution in [2.24, 2.45) is 0 Å². The third-order valence-electron chi connectivity index (χ3n) is 3.93. The Balaban J connectivity index is 2.12. The lowest BCUT2D eigenvalue weighted by Crippen LogP contribution is -2.46. The van der Waals surface area contributed by atoms with Crippen LogP contribution >= 0.6 is 0 Å². The van der Waals surface area contributed by atoms with Crippen LogP contribution < -0.4 is 19.5 Å². The van der Waals surface area contributed by atoms with Gasteiger partial charge in [-0.1, -0.05) is 0 Å². The maximum Gasteiger partial charge on any atom is 0.251 e. The number of carbonyl (C=O) groups is 1.